The fourth-order valence-electron chi connectivity index (χ4n) is 2.76. The highest BCUT2D eigenvalue weighted by molar-refractivity contribution is 5.47. The van der Waals surface area contributed by atoms with Gasteiger partial charge in [0.2, 0.25) is 0 Å². The Hall–Kier alpha value is -1.26. The van der Waals surface area contributed by atoms with Crippen molar-refractivity contribution >= 4 is 0 Å². The molecule has 0 radical (unpaired) electrons. The Morgan fingerprint density at radius 1 is 1.32 bits per heavy atom. The summed E-state index contributed by atoms with van der Waals surface area (Å²) < 4.78 is 11.3. The zero-order valence-corrected chi connectivity index (χ0v) is 11.3. The number of hydrogen-bond donors (Lipinski definition) is 1. The molecule has 1 aromatic carbocycles. The SMILES string of the molecule is CC1CCN(Cc2cccc3c2OCCO3)CC1O. The minimum absolute atomic E-state index is 0.217. The monoisotopic (exact) mass is 263 g/mol. The molecule has 0 aromatic heterocycles. The van der Waals surface area contributed by atoms with Gasteiger partial charge in [0.15, 0.2) is 11.5 Å². The Kier molecular flexibility index (Phi) is 3.62. The molecule has 3 rings (SSSR count). The zero-order valence-electron chi connectivity index (χ0n) is 11.3. The highest BCUT2D eigenvalue weighted by Crippen LogP contribution is 2.34. The van der Waals surface area contributed by atoms with Gasteiger partial charge in [-0.05, 0) is 24.9 Å². The molecule has 19 heavy (non-hydrogen) atoms. The summed E-state index contributed by atoms with van der Waals surface area (Å²) in [5.41, 5.74) is 1.15. The minimum Gasteiger partial charge on any atom is -0.486 e. The van der Waals surface area contributed by atoms with Crippen LogP contribution in [0.2, 0.25) is 0 Å². The lowest BCUT2D eigenvalue weighted by Crippen LogP contribution is -2.42. The molecule has 2 aliphatic rings. The Morgan fingerprint density at radius 3 is 3.00 bits per heavy atom. The first kappa shape index (κ1) is 12.8. The van der Waals surface area contributed by atoms with Crippen LogP contribution < -0.4 is 9.47 Å². The van der Waals surface area contributed by atoms with E-state index in [9.17, 15) is 5.11 Å². The average Bonchev–Trinajstić information content (AvgIpc) is 2.43. The molecule has 2 unspecified atom stereocenters. The van der Waals surface area contributed by atoms with Gasteiger partial charge in [-0.25, -0.2) is 0 Å². The molecule has 104 valence electrons. The van der Waals surface area contributed by atoms with Gasteiger partial charge in [-0.15, -0.1) is 0 Å². The average molecular weight is 263 g/mol. The molecule has 1 fully saturated rings. The van der Waals surface area contributed by atoms with Gasteiger partial charge in [0.1, 0.15) is 13.2 Å². The van der Waals surface area contributed by atoms with Crippen LogP contribution in [0, 0.1) is 5.92 Å². The first-order valence-corrected chi connectivity index (χ1v) is 7.02. The van der Waals surface area contributed by atoms with E-state index in [0.717, 1.165) is 43.1 Å². The van der Waals surface area contributed by atoms with Crippen LogP contribution in [-0.4, -0.2) is 42.4 Å². The van der Waals surface area contributed by atoms with Crippen LogP contribution in [0.15, 0.2) is 18.2 Å². The van der Waals surface area contributed by atoms with E-state index >= 15 is 0 Å². The molecule has 1 N–H and O–H groups in total. The molecule has 0 saturated carbocycles. The fraction of sp³-hybridized carbons (Fsp3) is 0.600. The molecular formula is C15H21NO3. The maximum atomic E-state index is 9.97. The predicted molar refractivity (Wildman–Crippen MR) is 72.5 cm³/mol. The lowest BCUT2D eigenvalue weighted by atomic mass is 9.95. The molecule has 0 aliphatic carbocycles. The summed E-state index contributed by atoms with van der Waals surface area (Å²) in [5, 5.41) is 9.97. The second-order valence-electron chi connectivity index (χ2n) is 5.51. The van der Waals surface area contributed by atoms with Crippen LogP contribution in [-0.2, 0) is 6.54 Å². The molecule has 0 spiro atoms. The van der Waals surface area contributed by atoms with Crippen molar-refractivity contribution < 1.29 is 14.6 Å². The van der Waals surface area contributed by atoms with Crippen LogP contribution in [0.3, 0.4) is 0 Å². The van der Waals surface area contributed by atoms with Crippen molar-refractivity contribution in [3.63, 3.8) is 0 Å². The summed E-state index contributed by atoms with van der Waals surface area (Å²) in [4.78, 5) is 2.29. The number of benzene rings is 1. The molecule has 2 atom stereocenters. The lowest BCUT2D eigenvalue weighted by Gasteiger charge is -2.34. The number of hydrogen-bond acceptors (Lipinski definition) is 4. The van der Waals surface area contributed by atoms with E-state index in [0.29, 0.717) is 19.1 Å². The van der Waals surface area contributed by atoms with E-state index in [1.807, 2.05) is 12.1 Å². The molecule has 2 heterocycles. The number of aliphatic hydroxyl groups excluding tert-OH is 1. The normalized spacial score (nSPS) is 27.3. The first-order chi connectivity index (χ1) is 9.24. The number of rotatable bonds is 2. The van der Waals surface area contributed by atoms with Crippen molar-refractivity contribution in [2.75, 3.05) is 26.3 Å². The Morgan fingerprint density at radius 2 is 2.16 bits per heavy atom. The van der Waals surface area contributed by atoms with Gasteiger partial charge in [-0.1, -0.05) is 19.1 Å². The topological polar surface area (TPSA) is 41.9 Å². The summed E-state index contributed by atoms with van der Waals surface area (Å²) in [5.74, 6) is 2.12. The Bertz CT molecular complexity index is 449. The van der Waals surface area contributed by atoms with E-state index in [-0.39, 0.29) is 6.10 Å². The molecule has 4 heteroatoms. The number of likely N-dealkylation sites (tertiary alicyclic amines) is 1. The van der Waals surface area contributed by atoms with Crippen LogP contribution >= 0.6 is 0 Å². The van der Waals surface area contributed by atoms with Crippen molar-refractivity contribution in [2.24, 2.45) is 5.92 Å². The molecule has 4 nitrogen and oxygen atoms in total. The van der Waals surface area contributed by atoms with Crippen LogP contribution in [0.1, 0.15) is 18.9 Å². The molecule has 0 bridgehead atoms. The van der Waals surface area contributed by atoms with E-state index < -0.39 is 0 Å². The van der Waals surface area contributed by atoms with Gasteiger partial charge in [0.05, 0.1) is 6.10 Å². The third-order valence-electron chi connectivity index (χ3n) is 4.04. The number of nitrogens with zero attached hydrogens (tertiary/aromatic N) is 1. The fourth-order valence-corrected chi connectivity index (χ4v) is 2.76. The summed E-state index contributed by atoms with van der Waals surface area (Å²) in [6.07, 6.45) is 0.832. The number of ether oxygens (including phenoxy) is 2. The number of piperidine rings is 1. The Labute approximate surface area is 113 Å². The number of β-amino-alcohol motifs (C(OH)–C–C–N with tert-alkyl or cyclic N) is 1. The summed E-state index contributed by atoms with van der Waals surface area (Å²) in [6, 6.07) is 6.04. The largest absolute Gasteiger partial charge is 0.486 e. The molecular weight excluding hydrogens is 242 g/mol. The number of aliphatic hydroxyl groups is 1. The molecule has 1 saturated heterocycles. The molecule has 0 amide bonds. The van der Waals surface area contributed by atoms with Gasteiger partial charge in [-0.2, -0.15) is 0 Å². The van der Waals surface area contributed by atoms with Crippen molar-refractivity contribution in [2.45, 2.75) is 26.0 Å². The third kappa shape index (κ3) is 2.69. The van der Waals surface area contributed by atoms with Crippen molar-refractivity contribution in [1.82, 2.24) is 4.90 Å². The van der Waals surface area contributed by atoms with Crippen LogP contribution in [0.5, 0.6) is 11.5 Å². The summed E-state index contributed by atoms with van der Waals surface area (Å²) >= 11 is 0. The van der Waals surface area contributed by atoms with Gasteiger partial charge in [0, 0.05) is 18.7 Å². The van der Waals surface area contributed by atoms with Gasteiger partial charge < -0.3 is 14.6 Å². The maximum Gasteiger partial charge on any atom is 0.165 e. The summed E-state index contributed by atoms with van der Waals surface area (Å²) in [6.45, 7) is 5.94. The van der Waals surface area contributed by atoms with E-state index in [1.54, 1.807) is 0 Å². The van der Waals surface area contributed by atoms with Crippen LogP contribution in [0.4, 0.5) is 0 Å². The summed E-state index contributed by atoms with van der Waals surface area (Å²) in [7, 11) is 0. The third-order valence-corrected chi connectivity index (χ3v) is 4.04. The second-order valence-corrected chi connectivity index (χ2v) is 5.51. The highest BCUT2D eigenvalue weighted by atomic mass is 16.6. The van der Waals surface area contributed by atoms with Crippen LogP contribution in [0.25, 0.3) is 0 Å². The van der Waals surface area contributed by atoms with E-state index in [1.165, 1.54) is 0 Å². The predicted octanol–water partition coefficient (Wildman–Crippen LogP) is 1.66. The standard InChI is InChI=1S/C15H21NO3/c1-11-5-6-16(10-13(11)17)9-12-3-2-4-14-15(12)19-8-7-18-14/h2-4,11,13,17H,5-10H2,1H3. The van der Waals surface area contributed by atoms with E-state index in [2.05, 4.69) is 17.9 Å². The lowest BCUT2D eigenvalue weighted by molar-refractivity contribution is 0.0253. The zero-order chi connectivity index (χ0) is 13.2. The first-order valence-electron chi connectivity index (χ1n) is 7.02. The van der Waals surface area contributed by atoms with Gasteiger partial charge in [0.25, 0.3) is 0 Å². The van der Waals surface area contributed by atoms with Crippen molar-refractivity contribution in [1.29, 1.82) is 0 Å². The van der Waals surface area contributed by atoms with Gasteiger partial charge >= 0.3 is 0 Å². The minimum atomic E-state index is -0.217. The number of para-hydroxylation sites is 1. The smallest absolute Gasteiger partial charge is 0.165 e. The maximum absolute atomic E-state index is 9.97. The Balaban J connectivity index is 1.73. The van der Waals surface area contributed by atoms with Crippen molar-refractivity contribution in [3.8, 4) is 11.5 Å². The van der Waals surface area contributed by atoms with Crippen molar-refractivity contribution in [3.05, 3.63) is 23.8 Å². The second kappa shape index (κ2) is 5.39. The molecule has 1 aromatic rings. The van der Waals surface area contributed by atoms with E-state index in [4.69, 9.17) is 9.47 Å². The molecule has 2 aliphatic heterocycles. The number of fused-ring (bicyclic) bond motifs is 1. The van der Waals surface area contributed by atoms with Gasteiger partial charge in [-0.3, -0.25) is 4.90 Å². The quantitative estimate of drug-likeness (QED) is 0.881. The highest BCUT2D eigenvalue weighted by Gasteiger charge is 2.25.